The lowest BCUT2D eigenvalue weighted by molar-refractivity contribution is 0.216. The molecule has 1 aliphatic rings. The molecule has 0 heterocycles. The smallest absolute Gasteiger partial charge is 0.115 e. The molecule has 0 aliphatic heterocycles. The number of phenolic OH excluding ortho intramolecular Hbond substituents is 1. The van der Waals surface area contributed by atoms with Crippen molar-refractivity contribution in [2.45, 2.75) is 37.6 Å². The lowest BCUT2D eigenvalue weighted by Crippen LogP contribution is -2.31. The maximum Gasteiger partial charge on any atom is 0.115 e. The van der Waals surface area contributed by atoms with Gasteiger partial charge in [0.1, 0.15) is 5.75 Å². The molecule has 1 aliphatic carbocycles. The molecular formula is C14H21NO. The van der Waals surface area contributed by atoms with Gasteiger partial charge in [-0.15, -0.1) is 0 Å². The summed E-state index contributed by atoms with van der Waals surface area (Å²) in [5.41, 5.74) is 1.38. The highest BCUT2D eigenvalue weighted by molar-refractivity contribution is 5.28. The first-order chi connectivity index (χ1) is 7.66. The van der Waals surface area contributed by atoms with E-state index in [1.165, 1.54) is 31.2 Å². The predicted octanol–water partition coefficient (Wildman–Crippen LogP) is 2.98. The van der Waals surface area contributed by atoms with Gasteiger partial charge in [-0.2, -0.15) is 0 Å². The molecule has 1 N–H and O–H groups in total. The molecule has 1 aromatic rings. The summed E-state index contributed by atoms with van der Waals surface area (Å²) in [5, 5.41) is 9.26. The standard InChI is InChI=1S/C14H21NO/c1-15(2)13-7-3-11(4-8-13)12-5-9-14(16)10-6-12/h5-6,9-11,13,16H,3-4,7-8H2,1-2H3/t11-,13-. The number of rotatable bonds is 2. The van der Waals surface area contributed by atoms with E-state index in [2.05, 4.69) is 31.1 Å². The molecule has 0 aromatic heterocycles. The Hall–Kier alpha value is -1.02. The van der Waals surface area contributed by atoms with Crippen molar-refractivity contribution in [3.63, 3.8) is 0 Å². The van der Waals surface area contributed by atoms with Gasteiger partial charge in [-0.3, -0.25) is 0 Å². The molecule has 1 saturated carbocycles. The minimum atomic E-state index is 0.366. The van der Waals surface area contributed by atoms with E-state index in [4.69, 9.17) is 0 Å². The third kappa shape index (κ3) is 2.56. The summed E-state index contributed by atoms with van der Waals surface area (Å²) in [6, 6.07) is 8.49. The van der Waals surface area contributed by atoms with Crippen LogP contribution in [-0.2, 0) is 0 Å². The van der Waals surface area contributed by atoms with Crippen LogP contribution in [0.2, 0.25) is 0 Å². The Balaban J connectivity index is 1.96. The SMILES string of the molecule is CN(C)[C@H]1CC[C@H](c2ccc(O)cc2)CC1. The first-order valence-electron chi connectivity index (χ1n) is 6.12. The fourth-order valence-electron chi connectivity index (χ4n) is 2.67. The minimum absolute atomic E-state index is 0.366. The van der Waals surface area contributed by atoms with Gasteiger partial charge in [0.25, 0.3) is 0 Å². The first-order valence-corrected chi connectivity index (χ1v) is 6.12. The molecule has 1 aromatic carbocycles. The maximum absolute atomic E-state index is 9.26. The van der Waals surface area contributed by atoms with Crippen LogP contribution in [0.4, 0.5) is 0 Å². The van der Waals surface area contributed by atoms with Gasteiger partial charge < -0.3 is 10.0 Å². The Morgan fingerprint density at radius 1 is 1.00 bits per heavy atom. The zero-order chi connectivity index (χ0) is 11.5. The monoisotopic (exact) mass is 219 g/mol. The van der Waals surface area contributed by atoms with Gasteiger partial charge >= 0.3 is 0 Å². The fourth-order valence-corrected chi connectivity index (χ4v) is 2.67. The van der Waals surface area contributed by atoms with Crippen LogP contribution in [0.5, 0.6) is 5.75 Å². The van der Waals surface area contributed by atoms with E-state index in [0.29, 0.717) is 11.7 Å². The zero-order valence-corrected chi connectivity index (χ0v) is 10.2. The lowest BCUT2D eigenvalue weighted by atomic mass is 9.81. The molecule has 0 amide bonds. The molecule has 0 radical (unpaired) electrons. The number of hydrogen-bond acceptors (Lipinski definition) is 2. The quantitative estimate of drug-likeness (QED) is 0.826. The molecule has 0 bridgehead atoms. The largest absolute Gasteiger partial charge is 0.508 e. The summed E-state index contributed by atoms with van der Waals surface area (Å²) in [4.78, 5) is 2.34. The normalized spacial score (nSPS) is 25.9. The molecular weight excluding hydrogens is 198 g/mol. The second-order valence-electron chi connectivity index (χ2n) is 5.06. The molecule has 0 unspecified atom stereocenters. The van der Waals surface area contributed by atoms with E-state index in [9.17, 15) is 5.11 Å². The summed E-state index contributed by atoms with van der Waals surface area (Å²) in [7, 11) is 4.34. The highest BCUT2D eigenvalue weighted by Crippen LogP contribution is 2.34. The van der Waals surface area contributed by atoms with Crippen molar-refractivity contribution < 1.29 is 5.11 Å². The number of aromatic hydroxyl groups is 1. The third-order valence-electron chi connectivity index (χ3n) is 3.79. The van der Waals surface area contributed by atoms with Crippen LogP contribution >= 0.6 is 0 Å². The molecule has 1 fully saturated rings. The molecule has 0 spiro atoms. The van der Waals surface area contributed by atoms with Gasteiger partial charge in [-0.25, -0.2) is 0 Å². The van der Waals surface area contributed by atoms with E-state index in [-0.39, 0.29) is 0 Å². The van der Waals surface area contributed by atoms with E-state index in [1.54, 1.807) is 12.1 Å². The topological polar surface area (TPSA) is 23.5 Å². The van der Waals surface area contributed by atoms with E-state index < -0.39 is 0 Å². The molecule has 16 heavy (non-hydrogen) atoms. The van der Waals surface area contributed by atoms with Crippen LogP contribution in [-0.4, -0.2) is 30.1 Å². The number of hydrogen-bond donors (Lipinski definition) is 1. The van der Waals surface area contributed by atoms with Crippen molar-refractivity contribution in [2.24, 2.45) is 0 Å². The lowest BCUT2D eigenvalue weighted by Gasteiger charge is -2.32. The Kier molecular flexibility index (Phi) is 3.49. The van der Waals surface area contributed by atoms with Crippen LogP contribution in [0.1, 0.15) is 37.2 Å². The molecule has 2 rings (SSSR count). The summed E-state index contributed by atoms with van der Waals surface area (Å²) in [6.07, 6.45) is 5.12. The average Bonchev–Trinajstić information content (AvgIpc) is 2.30. The van der Waals surface area contributed by atoms with Crippen LogP contribution in [0.3, 0.4) is 0 Å². The molecule has 0 atom stereocenters. The minimum Gasteiger partial charge on any atom is -0.508 e. The van der Waals surface area contributed by atoms with Crippen molar-refractivity contribution in [1.29, 1.82) is 0 Å². The number of benzene rings is 1. The van der Waals surface area contributed by atoms with E-state index >= 15 is 0 Å². The molecule has 88 valence electrons. The van der Waals surface area contributed by atoms with Gasteiger partial charge in [0.05, 0.1) is 0 Å². The van der Waals surface area contributed by atoms with Crippen molar-refractivity contribution in [2.75, 3.05) is 14.1 Å². The van der Waals surface area contributed by atoms with Gasteiger partial charge in [0.2, 0.25) is 0 Å². The van der Waals surface area contributed by atoms with Gasteiger partial charge in [-0.1, -0.05) is 12.1 Å². The van der Waals surface area contributed by atoms with Crippen LogP contribution in [0, 0.1) is 0 Å². The highest BCUT2D eigenvalue weighted by Gasteiger charge is 2.23. The number of phenols is 1. The Labute approximate surface area is 97.9 Å². The van der Waals surface area contributed by atoms with E-state index in [0.717, 1.165) is 6.04 Å². The Bertz CT molecular complexity index is 323. The summed E-state index contributed by atoms with van der Waals surface area (Å²) in [5.74, 6) is 1.06. The first kappa shape index (κ1) is 11.5. The third-order valence-corrected chi connectivity index (χ3v) is 3.79. The van der Waals surface area contributed by atoms with Crippen LogP contribution in [0.25, 0.3) is 0 Å². The van der Waals surface area contributed by atoms with Crippen molar-refractivity contribution in [1.82, 2.24) is 4.90 Å². The average molecular weight is 219 g/mol. The number of nitrogens with zero attached hydrogens (tertiary/aromatic N) is 1. The predicted molar refractivity (Wildman–Crippen MR) is 66.8 cm³/mol. The summed E-state index contributed by atoms with van der Waals surface area (Å²) >= 11 is 0. The Morgan fingerprint density at radius 2 is 1.56 bits per heavy atom. The molecule has 2 nitrogen and oxygen atoms in total. The second kappa shape index (κ2) is 4.88. The van der Waals surface area contributed by atoms with Crippen LogP contribution in [0.15, 0.2) is 24.3 Å². The van der Waals surface area contributed by atoms with Crippen molar-refractivity contribution >= 4 is 0 Å². The summed E-state index contributed by atoms with van der Waals surface area (Å²) < 4.78 is 0. The Morgan fingerprint density at radius 3 is 2.06 bits per heavy atom. The summed E-state index contributed by atoms with van der Waals surface area (Å²) in [6.45, 7) is 0. The van der Waals surface area contributed by atoms with Crippen molar-refractivity contribution in [3.8, 4) is 5.75 Å². The molecule has 0 saturated heterocycles. The zero-order valence-electron chi connectivity index (χ0n) is 10.2. The van der Waals surface area contributed by atoms with Crippen molar-refractivity contribution in [3.05, 3.63) is 29.8 Å². The van der Waals surface area contributed by atoms with Gasteiger partial charge in [0, 0.05) is 6.04 Å². The van der Waals surface area contributed by atoms with Crippen LogP contribution < -0.4 is 0 Å². The fraction of sp³-hybridized carbons (Fsp3) is 0.571. The highest BCUT2D eigenvalue weighted by atomic mass is 16.3. The maximum atomic E-state index is 9.26. The van der Waals surface area contributed by atoms with E-state index in [1.807, 2.05) is 0 Å². The molecule has 2 heteroatoms. The second-order valence-corrected chi connectivity index (χ2v) is 5.06. The van der Waals surface area contributed by atoms with Gasteiger partial charge in [-0.05, 0) is 63.4 Å². The van der Waals surface area contributed by atoms with Gasteiger partial charge in [0.15, 0.2) is 0 Å².